The summed E-state index contributed by atoms with van der Waals surface area (Å²) in [5.74, 6) is 0. The fraction of sp³-hybridized carbons (Fsp3) is 0. The van der Waals surface area contributed by atoms with Crippen LogP contribution in [-0.4, -0.2) is 4.98 Å². The standard InChI is InChI=1S/C15H10N/c1-2-4-12(5-3-1)13-6-7-15-11-16-9-8-14(15)10-13/h1-2,4-11H. The Balaban J connectivity index is 2.19. The van der Waals surface area contributed by atoms with Gasteiger partial charge in [-0.05, 0) is 40.8 Å². The van der Waals surface area contributed by atoms with Gasteiger partial charge in [-0.25, -0.2) is 0 Å². The minimum absolute atomic E-state index is 1.17. The number of hydrogen-bond donors (Lipinski definition) is 0. The molecule has 0 unspecified atom stereocenters. The van der Waals surface area contributed by atoms with Gasteiger partial charge in [-0.3, -0.25) is 4.98 Å². The molecule has 0 aliphatic rings. The molecule has 0 saturated heterocycles. The summed E-state index contributed by atoms with van der Waals surface area (Å²) in [6.07, 6.45) is 3.71. The molecule has 0 fully saturated rings. The average Bonchev–Trinajstić information content (AvgIpc) is 2.39. The second-order valence-corrected chi connectivity index (χ2v) is 3.73. The summed E-state index contributed by atoms with van der Waals surface area (Å²) >= 11 is 0. The van der Waals surface area contributed by atoms with E-state index in [2.05, 4.69) is 35.3 Å². The van der Waals surface area contributed by atoms with Crippen LogP contribution in [-0.2, 0) is 0 Å². The Hall–Kier alpha value is -2.15. The summed E-state index contributed by atoms with van der Waals surface area (Å²) in [7, 11) is 0. The molecule has 0 atom stereocenters. The Morgan fingerprint density at radius 2 is 1.94 bits per heavy atom. The third-order valence-corrected chi connectivity index (χ3v) is 2.68. The maximum absolute atomic E-state index is 4.11. The molecule has 1 aromatic heterocycles. The van der Waals surface area contributed by atoms with Crippen molar-refractivity contribution in [2.24, 2.45) is 0 Å². The molecule has 1 radical (unpaired) electrons. The lowest BCUT2D eigenvalue weighted by molar-refractivity contribution is 1.36. The predicted molar refractivity (Wildman–Crippen MR) is 66.0 cm³/mol. The Morgan fingerprint density at radius 1 is 0.938 bits per heavy atom. The first-order chi connectivity index (χ1) is 7.93. The molecule has 0 bridgehead atoms. The van der Waals surface area contributed by atoms with Crippen molar-refractivity contribution in [2.45, 2.75) is 0 Å². The van der Waals surface area contributed by atoms with Crippen molar-refractivity contribution in [2.75, 3.05) is 0 Å². The van der Waals surface area contributed by atoms with Crippen molar-refractivity contribution in [1.29, 1.82) is 0 Å². The van der Waals surface area contributed by atoms with Gasteiger partial charge >= 0.3 is 0 Å². The molecule has 1 heteroatoms. The number of benzene rings is 2. The average molecular weight is 204 g/mol. The first-order valence-corrected chi connectivity index (χ1v) is 5.24. The largest absolute Gasteiger partial charge is 0.264 e. The third kappa shape index (κ3) is 1.57. The van der Waals surface area contributed by atoms with E-state index in [1.54, 1.807) is 0 Å². The Labute approximate surface area is 94.4 Å². The number of rotatable bonds is 1. The molecule has 0 spiro atoms. The van der Waals surface area contributed by atoms with Crippen molar-refractivity contribution in [3.63, 3.8) is 0 Å². The van der Waals surface area contributed by atoms with E-state index in [4.69, 9.17) is 0 Å². The van der Waals surface area contributed by atoms with Crippen LogP contribution in [0.25, 0.3) is 21.9 Å². The number of hydrogen-bond acceptors (Lipinski definition) is 1. The lowest BCUT2D eigenvalue weighted by Gasteiger charge is -2.03. The SMILES string of the molecule is [c]1cccc(-c2ccc3cnccc3c2)c1. The maximum Gasteiger partial charge on any atom is 0.0346 e. The molecule has 3 aromatic rings. The minimum atomic E-state index is 1.17. The second-order valence-electron chi connectivity index (χ2n) is 3.73. The van der Waals surface area contributed by atoms with E-state index in [9.17, 15) is 0 Å². The van der Waals surface area contributed by atoms with Crippen LogP contribution < -0.4 is 0 Å². The lowest BCUT2D eigenvalue weighted by atomic mass is 10.0. The number of pyridine rings is 1. The van der Waals surface area contributed by atoms with Crippen molar-refractivity contribution < 1.29 is 0 Å². The van der Waals surface area contributed by atoms with Gasteiger partial charge < -0.3 is 0 Å². The van der Waals surface area contributed by atoms with Gasteiger partial charge in [0.1, 0.15) is 0 Å². The molecule has 0 N–H and O–H groups in total. The van der Waals surface area contributed by atoms with E-state index in [0.29, 0.717) is 0 Å². The Morgan fingerprint density at radius 3 is 2.81 bits per heavy atom. The molecule has 3 rings (SSSR count). The summed E-state index contributed by atoms with van der Waals surface area (Å²) in [6.45, 7) is 0. The molecular formula is C15H10N. The van der Waals surface area contributed by atoms with E-state index in [0.717, 1.165) is 0 Å². The lowest BCUT2D eigenvalue weighted by Crippen LogP contribution is -1.79. The number of aromatic nitrogens is 1. The van der Waals surface area contributed by atoms with Gasteiger partial charge in [0.25, 0.3) is 0 Å². The molecule has 75 valence electrons. The van der Waals surface area contributed by atoms with Crippen LogP contribution in [0.5, 0.6) is 0 Å². The van der Waals surface area contributed by atoms with Gasteiger partial charge in [0.2, 0.25) is 0 Å². The Bertz CT molecular complexity index is 614. The van der Waals surface area contributed by atoms with Crippen molar-refractivity contribution in [3.05, 3.63) is 67.0 Å². The zero-order valence-corrected chi connectivity index (χ0v) is 8.72. The zero-order chi connectivity index (χ0) is 10.8. The topological polar surface area (TPSA) is 12.9 Å². The number of nitrogens with zero attached hydrogens (tertiary/aromatic N) is 1. The van der Waals surface area contributed by atoms with E-state index in [1.807, 2.05) is 36.7 Å². The fourth-order valence-electron chi connectivity index (χ4n) is 1.84. The summed E-state index contributed by atoms with van der Waals surface area (Å²) in [5.41, 5.74) is 2.41. The van der Waals surface area contributed by atoms with Gasteiger partial charge in [-0.15, -0.1) is 0 Å². The highest BCUT2D eigenvalue weighted by atomic mass is 14.6. The second kappa shape index (κ2) is 3.78. The van der Waals surface area contributed by atoms with Gasteiger partial charge in [0.05, 0.1) is 0 Å². The quantitative estimate of drug-likeness (QED) is 0.589. The van der Waals surface area contributed by atoms with E-state index in [-0.39, 0.29) is 0 Å². The first kappa shape index (κ1) is 9.10. The van der Waals surface area contributed by atoms with Crippen LogP contribution in [0.15, 0.2) is 60.9 Å². The highest BCUT2D eigenvalue weighted by molar-refractivity contribution is 5.86. The summed E-state index contributed by atoms with van der Waals surface area (Å²) in [6, 6.07) is 19.5. The molecule has 0 saturated carbocycles. The van der Waals surface area contributed by atoms with Gasteiger partial charge in [-0.1, -0.05) is 30.3 Å². The maximum atomic E-state index is 4.11. The van der Waals surface area contributed by atoms with Crippen molar-refractivity contribution in [1.82, 2.24) is 4.98 Å². The van der Waals surface area contributed by atoms with Crippen molar-refractivity contribution in [3.8, 4) is 11.1 Å². The van der Waals surface area contributed by atoms with E-state index >= 15 is 0 Å². The highest BCUT2D eigenvalue weighted by Crippen LogP contribution is 2.23. The molecule has 1 nitrogen and oxygen atoms in total. The van der Waals surface area contributed by atoms with Crippen LogP contribution in [0.2, 0.25) is 0 Å². The zero-order valence-electron chi connectivity index (χ0n) is 8.72. The summed E-state index contributed by atoms with van der Waals surface area (Å²) in [5, 5.41) is 2.39. The molecule has 0 aliphatic heterocycles. The van der Waals surface area contributed by atoms with Crippen LogP contribution in [0.1, 0.15) is 0 Å². The molecule has 0 amide bonds. The Kier molecular flexibility index (Phi) is 2.15. The monoisotopic (exact) mass is 204 g/mol. The molecule has 2 aromatic carbocycles. The predicted octanol–water partition coefficient (Wildman–Crippen LogP) is 3.70. The first-order valence-electron chi connectivity index (χ1n) is 5.24. The third-order valence-electron chi connectivity index (χ3n) is 2.68. The van der Waals surface area contributed by atoms with Crippen LogP contribution in [0.3, 0.4) is 0 Å². The smallest absolute Gasteiger partial charge is 0.0346 e. The fourth-order valence-corrected chi connectivity index (χ4v) is 1.84. The summed E-state index contributed by atoms with van der Waals surface area (Å²) < 4.78 is 0. The van der Waals surface area contributed by atoms with Crippen LogP contribution in [0.4, 0.5) is 0 Å². The summed E-state index contributed by atoms with van der Waals surface area (Å²) in [4.78, 5) is 4.11. The van der Waals surface area contributed by atoms with E-state index in [1.165, 1.54) is 21.9 Å². The minimum Gasteiger partial charge on any atom is -0.264 e. The molecule has 0 aliphatic carbocycles. The van der Waals surface area contributed by atoms with Crippen LogP contribution >= 0.6 is 0 Å². The van der Waals surface area contributed by atoms with Crippen LogP contribution in [0, 0.1) is 6.07 Å². The molecule has 1 heterocycles. The van der Waals surface area contributed by atoms with Crippen molar-refractivity contribution >= 4 is 10.8 Å². The molecular weight excluding hydrogens is 194 g/mol. The number of fused-ring (bicyclic) bond motifs is 1. The van der Waals surface area contributed by atoms with Gasteiger partial charge in [0.15, 0.2) is 0 Å². The van der Waals surface area contributed by atoms with Gasteiger partial charge in [-0.2, -0.15) is 0 Å². The highest BCUT2D eigenvalue weighted by Gasteiger charge is 1.98. The van der Waals surface area contributed by atoms with Gasteiger partial charge in [0, 0.05) is 17.8 Å². The van der Waals surface area contributed by atoms with E-state index < -0.39 is 0 Å². The molecule has 16 heavy (non-hydrogen) atoms. The normalized spacial score (nSPS) is 10.5.